The first-order valence-electron chi connectivity index (χ1n) is 11.4. The summed E-state index contributed by atoms with van der Waals surface area (Å²) in [5.41, 5.74) is 0.262. The molecule has 2 fully saturated rings. The molecule has 1 heterocycles. The van der Waals surface area contributed by atoms with Gasteiger partial charge >= 0.3 is 0 Å². The van der Waals surface area contributed by atoms with E-state index < -0.39 is 21.1 Å². The standard InChI is InChI=1S/C24H34FNO5S/c1-23(2,3)15-31-20-14-18(8-9-19(20)25)24(10-11-24)16-32(29,30)12-6-4-5-7-17-13-21(27)26-22(17)28/h8-9,14,17H,4-7,10-13,15-16H2,1-3H3,(H,26,27,28). The third kappa shape index (κ3) is 6.77. The molecule has 0 bridgehead atoms. The lowest BCUT2D eigenvalue weighted by atomic mass is 9.97. The van der Waals surface area contributed by atoms with Crippen LogP contribution in [-0.2, 0) is 24.8 Å². The number of amides is 2. The minimum atomic E-state index is -3.27. The lowest BCUT2D eigenvalue weighted by Crippen LogP contribution is -2.24. The molecular formula is C24H34FNO5S. The molecule has 6 nitrogen and oxygen atoms in total. The molecule has 1 atom stereocenters. The van der Waals surface area contributed by atoms with Crippen LogP contribution in [0.25, 0.3) is 0 Å². The maximum Gasteiger partial charge on any atom is 0.230 e. The van der Waals surface area contributed by atoms with Gasteiger partial charge in [0.1, 0.15) is 0 Å². The zero-order valence-corrected chi connectivity index (χ0v) is 20.0. The van der Waals surface area contributed by atoms with Crippen molar-refractivity contribution in [2.45, 2.75) is 71.1 Å². The average Bonchev–Trinajstić information content (AvgIpc) is 3.37. The molecule has 178 valence electrons. The van der Waals surface area contributed by atoms with Crippen molar-refractivity contribution < 1.29 is 27.1 Å². The van der Waals surface area contributed by atoms with E-state index in [-0.39, 0.29) is 46.8 Å². The van der Waals surface area contributed by atoms with Gasteiger partial charge in [0.15, 0.2) is 21.4 Å². The van der Waals surface area contributed by atoms with Crippen molar-refractivity contribution in [3.63, 3.8) is 0 Å². The van der Waals surface area contributed by atoms with Crippen molar-refractivity contribution in [1.29, 1.82) is 0 Å². The van der Waals surface area contributed by atoms with Crippen molar-refractivity contribution in [1.82, 2.24) is 5.32 Å². The Morgan fingerprint density at radius 1 is 1.16 bits per heavy atom. The molecule has 32 heavy (non-hydrogen) atoms. The highest BCUT2D eigenvalue weighted by atomic mass is 32.2. The van der Waals surface area contributed by atoms with Gasteiger partial charge in [-0.2, -0.15) is 0 Å². The molecule has 3 rings (SSSR count). The number of benzene rings is 1. The molecule has 1 unspecified atom stereocenters. The Morgan fingerprint density at radius 2 is 1.88 bits per heavy atom. The summed E-state index contributed by atoms with van der Waals surface area (Å²) in [4.78, 5) is 22.8. The van der Waals surface area contributed by atoms with E-state index in [9.17, 15) is 22.4 Å². The molecule has 2 amide bonds. The molecule has 0 spiro atoms. The smallest absolute Gasteiger partial charge is 0.230 e. The van der Waals surface area contributed by atoms with E-state index in [4.69, 9.17) is 4.74 Å². The predicted octanol–water partition coefficient (Wildman–Crippen LogP) is 3.92. The number of carbonyl (C=O) groups excluding carboxylic acids is 2. The van der Waals surface area contributed by atoms with Crippen molar-refractivity contribution in [3.8, 4) is 5.75 Å². The van der Waals surface area contributed by atoms with Gasteiger partial charge in [0.05, 0.1) is 18.1 Å². The van der Waals surface area contributed by atoms with E-state index >= 15 is 0 Å². The Hall–Kier alpha value is -1.96. The van der Waals surface area contributed by atoms with Crippen LogP contribution in [0.5, 0.6) is 5.75 Å². The van der Waals surface area contributed by atoms with Crippen molar-refractivity contribution in [2.24, 2.45) is 11.3 Å². The van der Waals surface area contributed by atoms with Crippen LogP contribution < -0.4 is 10.1 Å². The maximum absolute atomic E-state index is 14.2. The van der Waals surface area contributed by atoms with E-state index in [1.54, 1.807) is 12.1 Å². The van der Waals surface area contributed by atoms with Gasteiger partial charge in [-0.1, -0.05) is 39.7 Å². The Balaban J connectivity index is 1.51. The zero-order valence-electron chi connectivity index (χ0n) is 19.2. The molecule has 0 radical (unpaired) electrons. The monoisotopic (exact) mass is 467 g/mol. The fourth-order valence-corrected chi connectivity index (χ4v) is 6.21. The number of hydrogen-bond acceptors (Lipinski definition) is 5. The van der Waals surface area contributed by atoms with Gasteiger partial charge in [0.2, 0.25) is 11.8 Å². The lowest BCUT2D eigenvalue weighted by Gasteiger charge is -2.21. The van der Waals surface area contributed by atoms with Gasteiger partial charge in [0, 0.05) is 17.8 Å². The van der Waals surface area contributed by atoms with Crippen LogP contribution >= 0.6 is 0 Å². The van der Waals surface area contributed by atoms with E-state index in [0.717, 1.165) is 24.8 Å². The summed E-state index contributed by atoms with van der Waals surface area (Å²) >= 11 is 0. The first-order chi connectivity index (χ1) is 14.9. The first-order valence-corrected chi connectivity index (χ1v) is 13.2. The highest BCUT2D eigenvalue weighted by Crippen LogP contribution is 2.50. The van der Waals surface area contributed by atoms with Crippen LogP contribution in [0.1, 0.15) is 71.3 Å². The molecule has 1 aliphatic carbocycles. The fourth-order valence-electron chi connectivity index (χ4n) is 4.13. The van der Waals surface area contributed by atoms with Gasteiger partial charge in [0.25, 0.3) is 0 Å². The second-order valence-corrected chi connectivity index (χ2v) is 12.7. The van der Waals surface area contributed by atoms with Gasteiger partial charge < -0.3 is 4.74 Å². The van der Waals surface area contributed by atoms with Crippen molar-refractivity contribution >= 4 is 21.7 Å². The first kappa shape index (κ1) is 24.7. The summed E-state index contributed by atoms with van der Waals surface area (Å²) in [6.07, 6.45) is 4.32. The van der Waals surface area contributed by atoms with Crippen LogP contribution in [0.2, 0.25) is 0 Å². The van der Waals surface area contributed by atoms with Crippen LogP contribution in [0, 0.1) is 17.2 Å². The van der Waals surface area contributed by atoms with E-state index in [1.807, 2.05) is 20.8 Å². The number of unbranched alkanes of at least 4 members (excludes halogenated alkanes) is 2. The Bertz CT molecular complexity index is 963. The second-order valence-electron chi connectivity index (χ2n) is 10.5. The Morgan fingerprint density at radius 3 is 2.47 bits per heavy atom. The predicted molar refractivity (Wildman–Crippen MR) is 121 cm³/mol. The highest BCUT2D eigenvalue weighted by Gasteiger charge is 2.47. The van der Waals surface area contributed by atoms with Crippen molar-refractivity contribution in [3.05, 3.63) is 29.6 Å². The summed E-state index contributed by atoms with van der Waals surface area (Å²) < 4.78 is 45.4. The summed E-state index contributed by atoms with van der Waals surface area (Å²) in [6.45, 7) is 6.39. The van der Waals surface area contributed by atoms with E-state index in [2.05, 4.69) is 5.32 Å². The number of hydrogen-bond donors (Lipinski definition) is 1. The second kappa shape index (κ2) is 9.49. The Kier molecular flexibility index (Phi) is 7.32. The molecule has 1 N–H and O–H groups in total. The Labute approximate surface area is 190 Å². The summed E-state index contributed by atoms with van der Waals surface area (Å²) in [5, 5.41) is 2.30. The van der Waals surface area contributed by atoms with Gasteiger partial charge in [-0.05, 0) is 48.8 Å². The minimum absolute atomic E-state index is 0.0594. The van der Waals surface area contributed by atoms with Crippen LogP contribution in [0.3, 0.4) is 0 Å². The third-order valence-corrected chi connectivity index (χ3v) is 8.03. The number of ether oxygens (including phenoxy) is 1. The molecule has 1 aliphatic heterocycles. The third-order valence-electron chi connectivity index (χ3n) is 6.13. The molecule has 0 aromatic heterocycles. The number of nitrogens with one attached hydrogen (secondary N) is 1. The quantitative estimate of drug-likeness (QED) is 0.394. The summed E-state index contributed by atoms with van der Waals surface area (Å²) in [5.74, 6) is -0.830. The maximum atomic E-state index is 14.2. The van der Waals surface area contributed by atoms with Crippen LogP contribution in [0.15, 0.2) is 18.2 Å². The number of imide groups is 1. The molecule has 1 saturated heterocycles. The average molecular weight is 468 g/mol. The van der Waals surface area contributed by atoms with Gasteiger partial charge in [-0.15, -0.1) is 0 Å². The summed E-state index contributed by atoms with van der Waals surface area (Å²) in [7, 11) is -3.27. The normalized spacial score (nSPS) is 20.3. The number of halogens is 1. The lowest BCUT2D eigenvalue weighted by molar-refractivity contribution is -0.125. The van der Waals surface area contributed by atoms with Gasteiger partial charge in [-0.3, -0.25) is 14.9 Å². The molecule has 1 aromatic carbocycles. The van der Waals surface area contributed by atoms with Crippen LogP contribution in [-0.4, -0.2) is 38.3 Å². The van der Waals surface area contributed by atoms with E-state index in [0.29, 0.717) is 25.9 Å². The molecule has 2 aliphatic rings. The topological polar surface area (TPSA) is 89.5 Å². The number of rotatable bonds is 11. The summed E-state index contributed by atoms with van der Waals surface area (Å²) in [6, 6.07) is 4.71. The SMILES string of the molecule is CC(C)(C)COc1cc(C2(CS(=O)(=O)CCCCCC3CC(=O)NC3=O)CC2)ccc1F. The molecule has 1 aromatic rings. The molecule has 1 saturated carbocycles. The zero-order chi connectivity index (χ0) is 23.6. The fraction of sp³-hybridized carbons (Fsp3) is 0.667. The highest BCUT2D eigenvalue weighted by molar-refractivity contribution is 7.91. The number of sulfone groups is 1. The molecular weight excluding hydrogens is 433 g/mol. The van der Waals surface area contributed by atoms with Gasteiger partial charge in [-0.25, -0.2) is 12.8 Å². The van der Waals surface area contributed by atoms with E-state index in [1.165, 1.54) is 6.07 Å². The van der Waals surface area contributed by atoms with Crippen LogP contribution in [0.4, 0.5) is 4.39 Å². The molecule has 8 heteroatoms. The largest absolute Gasteiger partial charge is 0.490 e. The number of carbonyl (C=O) groups is 2. The minimum Gasteiger partial charge on any atom is -0.490 e. The van der Waals surface area contributed by atoms with Crippen molar-refractivity contribution in [2.75, 3.05) is 18.1 Å².